The molecule has 0 radical (unpaired) electrons. The summed E-state index contributed by atoms with van der Waals surface area (Å²) in [6, 6.07) is 1.38. The van der Waals surface area contributed by atoms with Crippen molar-refractivity contribution < 1.29 is 4.79 Å². The molecule has 3 nitrogen and oxygen atoms in total. The van der Waals surface area contributed by atoms with E-state index in [-0.39, 0.29) is 23.7 Å². The van der Waals surface area contributed by atoms with Crippen LogP contribution < -0.4 is 10.6 Å². The zero-order valence-corrected chi connectivity index (χ0v) is 12.6. The van der Waals surface area contributed by atoms with E-state index in [1.807, 2.05) is 0 Å². The van der Waals surface area contributed by atoms with Crippen molar-refractivity contribution in [2.24, 2.45) is 11.3 Å². The zero-order valence-electron chi connectivity index (χ0n) is 11.8. The molecule has 2 N–H and O–H groups in total. The second kappa shape index (κ2) is 6.25. The zero-order chi connectivity index (χ0) is 12.5. The largest absolute Gasteiger partial charge is 0.356 e. The summed E-state index contributed by atoms with van der Waals surface area (Å²) >= 11 is 0. The molecule has 1 amide bonds. The average molecular weight is 275 g/mol. The predicted molar refractivity (Wildman–Crippen MR) is 77.0 cm³/mol. The molecule has 2 aliphatic heterocycles. The van der Waals surface area contributed by atoms with E-state index in [0.717, 1.165) is 13.0 Å². The van der Waals surface area contributed by atoms with Gasteiger partial charge in [0.25, 0.3) is 0 Å². The summed E-state index contributed by atoms with van der Waals surface area (Å²) in [5.41, 5.74) is 0.183. The number of hydrogen-bond acceptors (Lipinski definition) is 2. The van der Waals surface area contributed by atoms with Crippen LogP contribution in [0.25, 0.3) is 0 Å². The Morgan fingerprint density at radius 1 is 1.22 bits per heavy atom. The molecule has 2 unspecified atom stereocenters. The molecule has 0 spiro atoms. The SMILES string of the molecule is CC(C)(C)CNC(=O)CC1CC2CCC(C1)N2.Cl. The highest BCUT2D eigenvalue weighted by Gasteiger charge is 2.34. The molecule has 2 rings (SSSR count). The van der Waals surface area contributed by atoms with Gasteiger partial charge in [-0.05, 0) is 37.0 Å². The summed E-state index contributed by atoms with van der Waals surface area (Å²) in [6.45, 7) is 7.23. The molecule has 0 saturated carbocycles. The van der Waals surface area contributed by atoms with Gasteiger partial charge in [-0.2, -0.15) is 0 Å². The van der Waals surface area contributed by atoms with E-state index in [1.165, 1.54) is 25.7 Å². The Morgan fingerprint density at radius 2 is 1.78 bits per heavy atom. The van der Waals surface area contributed by atoms with E-state index in [2.05, 4.69) is 31.4 Å². The third-order valence-electron chi connectivity index (χ3n) is 3.86. The lowest BCUT2D eigenvalue weighted by Gasteiger charge is -2.29. The maximum Gasteiger partial charge on any atom is 0.220 e. The fourth-order valence-electron chi connectivity index (χ4n) is 3.04. The molecule has 2 fully saturated rings. The van der Waals surface area contributed by atoms with E-state index in [0.29, 0.717) is 18.0 Å². The molecule has 2 saturated heterocycles. The minimum atomic E-state index is 0. The number of carbonyl (C=O) groups is 1. The van der Waals surface area contributed by atoms with E-state index in [1.54, 1.807) is 0 Å². The second-order valence-electron chi connectivity index (χ2n) is 7.02. The predicted octanol–water partition coefficient (Wildman–Crippen LogP) is 2.49. The average Bonchev–Trinajstić information content (AvgIpc) is 2.54. The van der Waals surface area contributed by atoms with Crippen molar-refractivity contribution in [1.82, 2.24) is 10.6 Å². The first kappa shape index (κ1) is 15.8. The molecular weight excluding hydrogens is 248 g/mol. The van der Waals surface area contributed by atoms with E-state index < -0.39 is 0 Å². The number of hydrogen-bond donors (Lipinski definition) is 2. The van der Waals surface area contributed by atoms with Gasteiger partial charge in [0.2, 0.25) is 5.91 Å². The number of piperidine rings is 1. The van der Waals surface area contributed by atoms with Gasteiger partial charge in [0.15, 0.2) is 0 Å². The van der Waals surface area contributed by atoms with Crippen LogP contribution in [-0.2, 0) is 4.79 Å². The molecule has 2 bridgehead atoms. The quantitative estimate of drug-likeness (QED) is 0.830. The van der Waals surface area contributed by atoms with Crippen molar-refractivity contribution in [3.05, 3.63) is 0 Å². The monoisotopic (exact) mass is 274 g/mol. The molecule has 2 heterocycles. The van der Waals surface area contributed by atoms with Gasteiger partial charge in [-0.25, -0.2) is 0 Å². The third kappa shape index (κ3) is 4.77. The fourth-order valence-corrected chi connectivity index (χ4v) is 3.04. The summed E-state index contributed by atoms with van der Waals surface area (Å²) in [6.07, 6.45) is 5.74. The fraction of sp³-hybridized carbons (Fsp3) is 0.929. The second-order valence-corrected chi connectivity index (χ2v) is 7.02. The lowest BCUT2D eigenvalue weighted by Crippen LogP contribution is -2.40. The van der Waals surface area contributed by atoms with Crippen LogP contribution in [0.5, 0.6) is 0 Å². The number of carbonyl (C=O) groups excluding carboxylic acids is 1. The highest BCUT2D eigenvalue weighted by molar-refractivity contribution is 5.85. The molecule has 2 atom stereocenters. The summed E-state index contributed by atoms with van der Waals surface area (Å²) < 4.78 is 0. The van der Waals surface area contributed by atoms with Crippen molar-refractivity contribution in [2.75, 3.05) is 6.54 Å². The van der Waals surface area contributed by atoms with Crippen LogP contribution in [-0.4, -0.2) is 24.5 Å². The lowest BCUT2D eigenvalue weighted by molar-refractivity contribution is -0.122. The molecule has 0 aromatic carbocycles. The standard InChI is InChI=1S/C14H26N2O.ClH/c1-14(2,3)9-15-13(17)8-10-6-11-4-5-12(7-10)16-11;/h10-12,16H,4-9H2,1-3H3,(H,15,17);1H. The van der Waals surface area contributed by atoms with Gasteiger partial charge in [-0.1, -0.05) is 20.8 Å². The van der Waals surface area contributed by atoms with Gasteiger partial charge >= 0.3 is 0 Å². The van der Waals surface area contributed by atoms with Crippen LogP contribution in [0, 0.1) is 11.3 Å². The van der Waals surface area contributed by atoms with Gasteiger partial charge in [0, 0.05) is 25.0 Å². The van der Waals surface area contributed by atoms with Crippen LogP contribution in [0.1, 0.15) is 52.9 Å². The summed E-state index contributed by atoms with van der Waals surface area (Å²) in [7, 11) is 0. The maximum atomic E-state index is 11.9. The normalized spacial score (nSPS) is 30.7. The molecule has 0 aromatic heterocycles. The Kier molecular flexibility index (Phi) is 5.47. The molecule has 0 aromatic rings. The minimum absolute atomic E-state index is 0. The van der Waals surface area contributed by atoms with Crippen molar-refractivity contribution in [3.8, 4) is 0 Å². The van der Waals surface area contributed by atoms with Gasteiger partial charge in [-0.3, -0.25) is 4.79 Å². The summed E-state index contributed by atoms with van der Waals surface area (Å²) in [5.74, 6) is 0.847. The van der Waals surface area contributed by atoms with Gasteiger partial charge in [0.05, 0.1) is 0 Å². The van der Waals surface area contributed by atoms with Gasteiger partial charge in [-0.15, -0.1) is 12.4 Å². The Balaban J connectivity index is 0.00000162. The number of amides is 1. The third-order valence-corrected chi connectivity index (χ3v) is 3.86. The first-order valence-electron chi connectivity index (χ1n) is 6.95. The smallest absolute Gasteiger partial charge is 0.220 e. The van der Waals surface area contributed by atoms with Crippen molar-refractivity contribution in [1.29, 1.82) is 0 Å². The minimum Gasteiger partial charge on any atom is -0.356 e. The number of halogens is 1. The van der Waals surface area contributed by atoms with E-state index in [9.17, 15) is 4.79 Å². The lowest BCUT2D eigenvalue weighted by atomic mass is 9.89. The van der Waals surface area contributed by atoms with Crippen LogP contribution in [0.15, 0.2) is 0 Å². The first-order valence-corrected chi connectivity index (χ1v) is 6.95. The molecule has 2 aliphatic rings. The highest BCUT2D eigenvalue weighted by Crippen LogP contribution is 2.32. The van der Waals surface area contributed by atoms with Gasteiger partial charge in [0.1, 0.15) is 0 Å². The maximum absolute atomic E-state index is 11.9. The van der Waals surface area contributed by atoms with Crippen LogP contribution in [0.3, 0.4) is 0 Å². The van der Waals surface area contributed by atoms with E-state index >= 15 is 0 Å². The van der Waals surface area contributed by atoms with Crippen LogP contribution in [0.4, 0.5) is 0 Å². The molecule has 18 heavy (non-hydrogen) atoms. The number of rotatable bonds is 3. The Hall–Kier alpha value is -0.280. The van der Waals surface area contributed by atoms with E-state index in [4.69, 9.17) is 0 Å². The van der Waals surface area contributed by atoms with Gasteiger partial charge < -0.3 is 10.6 Å². The molecular formula is C14H27ClN2O. The van der Waals surface area contributed by atoms with Crippen molar-refractivity contribution in [2.45, 2.75) is 65.0 Å². The first-order chi connectivity index (χ1) is 7.92. The summed E-state index contributed by atoms with van der Waals surface area (Å²) in [5, 5.41) is 6.68. The Bertz CT molecular complexity index is 276. The number of nitrogens with one attached hydrogen (secondary N) is 2. The van der Waals surface area contributed by atoms with Crippen molar-refractivity contribution >= 4 is 18.3 Å². The number of fused-ring (bicyclic) bond motifs is 2. The Labute approximate surface area is 117 Å². The topological polar surface area (TPSA) is 41.1 Å². The van der Waals surface area contributed by atoms with Crippen LogP contribution >= 0.6 is 12.4 Å². The van der Waals surface area contributed by atoms with Crippen LogP contribution in [0.2, 0.25) is 0 Å². The molecule has 4 heteroatoms. The Morgan fingerprint density at radius 3 is 2.28 bits per heavy atom. The molecule has 106 valence electrons. The highest BCUT2D eigenvalue weighted by atomic mass is 35.5. The molecule has 0 aliphatic carbocycles. The summed E-state index contributed by atoms with van der Waals surface area (Å²) in [4.78, 5) is 11.9. The van der Waals surface area contributed by atoms with Crippen molar-refractivity contribution in [3.63, 3.8) is 0 Å².